The van der Waals surface area contributed by atoms with E-state index in [0.717, 1.165) is 25.7 Å². The lowest BCUT2D eigenvalue weighted by Crippen LogP contribution is -2.50. The zero-order chi connectivity index (χ0) is 16.1. The molecule has 2 fully saturated rings. The number of hydrogen-bond acceptors (Lipinski definition) is 3. The highest BCUT2D eigenvalue weighted by Crippen LogP contribution is 2.25. The van der Waals surface area contributed by atoms with Gasteiger partial charge in [-0.1, -0.05) is 12.8 Å². The van der Waals surface area contributed by atoms with Gasteiger partial charge in [0.2, 0.25) is 5.91 Å². The minimum absolute atomic E-state index is 0. The van der Waals surface area contributed by atoms with E-state index in [2.05, 4.69) is 5.32 Å². The maximum absolute atomic E-state index is 12.5. The highest BCUT2D eigenvalue weighted by molar-refractivity contribution is 5.85. The van der Waals surface area contributed by atoms with Gasteiger partial charge in [0.1, 0.15) is 0 Å². The van der Waals surface area contributed by atoms with Crippen LogP contribution < -0.4 is 11.1 Å². The van der Waals surface area contributed by atoms with E-state index in [-0.39, 0.29) is 36.3 Å². The molecule has 2 rings (SSSR count). The number of nitrogens with one attached hydrogen (secondary N) is 1. The molecule has 6 nitrogen and oxygen atoms in total. The first-order valence-electron chi connectivity index (χ1n) is 8.49. The molecule has 1 saturated heterocycles. The number of carbonyl (C=O) groups excluding carboxylic acids is 2. The fourth-order valence-electron chi connectivity index (χ4n) is 3.60. The minimum Gasteiger partial charge on any atom is -0.353 e. The number of halogens is 1. The number of likely N-dealkylation sites (tertiary alicyclic amines) is 1. The third-order valence-corrected chi connectivity index (χ3v) is 5.06. The maximum atomic E-state index is 12.5. The van der Waals surface area contributed by atoms with Gasteiger partial charge >= 0.3 is 6.03 Å². The first-order valence-corrected chi connectivity index (χ1v) is 8.49. The van der Waals surface area contributed by atoms with Gasteiger partial charge in [0, 0.05) is 39.1 Å². The molecular weight excluding hydrogens is 316 g/mol. The first-order chi connectivity index (χ1) is 10.5. The molecule has 2 unspecified atom stereocenters. The lowest BCUT2D eigenvalue weighted by Gasteiger charge is -2.35. The van der Waals surface area contributed by atoms with Gasteiger partial charge in [0.15, 0.2) is 0 Å². The Balaban J connectivity index is 0.00000264. The largest absolute Gasteiger partial charge is 0.353 e. The zero-order valence-electron chi connectivity index (χ0n) is 14.3. The van der Waals surface area contributed by atoms with Gasteiger partial charge in [-0.3, -0.25) is 4.79 Å². The smallest absolute Gasteiger partial charge is 0.319 e. The van der Waals surface area contributed by atoms with E-state index in [0.29, 0.717) is 25.6 Å². The van der Waals surface area contributed by atoms with Crippen molar-refractivity contribution in [1.29, 1.82) is 0 Å². The molecule has 3 N–H and O–H groups in total. The van der Waals surface area contributed by atoms with E-state index in [9.17, 15) is 9.59 Å². The van der Waals surface area contributed by atoms with Crippen molar-refractivity contribution in [2.75, 3.05) is 33.7 Å². The number of carbonyl (C=O) groups is 2. The molecule has 0 aromatic carbocycles. The zero-order valence-corrected chi connectivity index (χ0v) is 15.1. The van der Waals surface area contributed by atoms with Crippen molar-refractivity contribution in [3.8, 4) is 0 Å². The first kappa shape index (κ1) is 20.0. The van der Waals surface area contributed by atoms with Crippen LogP contribution in [0, 0.1) is 11.8 Å². The summed E-state index contributed by atoms with van der Waals surface area (Å²) in [5.74, 6) is 0.613. The van der Waals surface area contributed by atoms with E-state index in [4.69, 9.17) is 5.73 Å². The van der Waals surface area contributed by atoms with Crippen molar-refractivity contribution < 1.29 is 9.59 Å². The van der Waals surface area contributed by atoms with Gasteiger partial charge in [-0.2, -0.15) is 0 Å². The Labute approximate surface area is 145 Å². The van der Waals surface area contributed by atoms with Gasteiger partial charge in [0.25, 0.3) is 0 Å². The Kier molecular flexibility index (Phi) is 8.12. The number of piperidine rings is 1. The Morgan fingerprint density at radius 1 is 1.13 bits per heavy atom. The number of rotatable bonds is 3. The predicted molar refractivity (Wildman–Crippen MR) is 93.6 cm³/mol. The molecule has 0 aromatic rings. The number of nitrogens with zero attached hydrogens (tertiary/aromatic N) is 2. The molecule has 1 saturated carbocycles. The SMILES string of the molecule is CN(C)C(=O)N1CCC(C(=O)NC2CCCCC2CN)CC1.Cl. The Hall–Kier alpha value is -1.01. The van der Waals surface area contributed by atoms with Crippen LogP contribution in [-0.2, 0) is 4.79 Å². The molecule has 0 aromatic heterocycles. The van der Waals surface area contributed by atoms with Crippen LogP contribution in [0.5, 0.6) is 0 Å². The standard InChI is InChI=1S/C16H30N4O2.ClH/c1-19(2)16(22)20-9-7-12(8-10-20)15(21)18-14-6-4-3-5-13(14)11-17;/h12-14H,3-11,17H2,1-2H3,(H,18,21);1H. The summed E-state index contributed by atoms with van der Waals surface area (Å²) in [6.45, 7) is 1.99. The summed E-state index contributed by atoms with van der Waals surface area (Å²) in [5.41, 5.74) is 5.83. The second kappa shape index (κ2) is 9.33. The second-order valence-electron chi connectivity index (χ2n) is 6.83. The highest BCUT2D eigenvalue weighted by atomic mass is 35.5. The van der Waals surface area contributed by atoms with Crippen LogP contribution in [0.2, 0.25) is 0 Å². The summed E-state index contributed by atoms with van der Waals surface area (Å²) < 4.78 is 0. The Morgan fingerprint density at radius 3 is 2.30 bits per heavy atom. The minimum atomic E-state index is 0. The van der Waals surface area contributed by atoms with Crippen LogP contribution in [0.3, 0.4) is 0 Å². The topological polar surface area (TPSA) is 78.7 Å². The average Bonchev–Trinajstić information content (AvgIpc) is 2.54. The van der Waals surface area contributed by atoms with E-state index in [1.807, 2.05) is 4.90 Å². The molecule has 0 radical (unpaired) electrons. The molecule has 134 valence electrons. The van der Waals surface area contributed by atoms with E-state index in [1.54, 1.807) is 19.0 Å². The normalized spacial score (nSPS) is 25.4. The molecule has 1 aliphatic heterocycles. The summed E-state index contributed by atoms with van der Waals surface area (Å²) in [6, 6.07) is 0.280. The van der Waals surface area contributed by atoms with Crippen LogP contribution in [0.1, 0.15) is 38.5 Å². The van der Waals surface area contributed by atoms with Crippen molar-refractivity contribution in [3.63, 3.8) is 0 Å². The van der Waals surface area contributed by atoms with E-state index < -0.39 is 0 Å². The number of urea groups is 1. The van der Waals surface area contributed by atoms with E-state index in [1.165, 1.54) is 12.8 Å². The average molecular weight is 347 g/mol. The van der Waals surface area contributed by atoms with Gasteiger partial charge in [-0.05, 0) is 38.1 Å². The Bertz CT molecular complexity index is 398. The molecular formula is C16H31ClN4O2. The van der Waals surface area contributed by atoms with Crippen LogP contribution in [-0.4, -0.2) is 61.5 Å². The molecule has 1 aliphatic carbocycles. The van der Waals surface area contributed by atoms with Crippen molar-refractivity contribution in [2.45, 2.75) is 44.6 Å². The van der Waals surface area contributed by atoms with Crippen molar-refractivity contribution >= 4 is 24.3 Å². The van der Waals surface area contributed by atoms with Gasteiger partial charge < -0.3 is 20.9 Å². The molecule has 7 heteroatoms. The second-order valence-corrected chi connectivity index (χ2v) is 6.83. The third-order valence-electron chi connectivity index (χ3n) is 5.06. The molecule has 1 heterocycles. The molecule has 2 aliphatic rings. The summed E-state index contributed by atoms with van der Waals surface area (Å²) in [4.78, 5) is 27.8. The fourth-order valence-corrected chi connectivity index (χ4v) is 3.60. The lowest BCUT2D eigenvalue weighted by molar-refractivity contribution is -0.127. The lowest BCUT2D eigenvalue weighted by atomic mass is 9.84. The van der Waals surface area contributed by atoms with Gasteiger partial charge in [0.05, 0.1) is 0 Å². The van der Waals surface area contributed by atoms with Crippen LogP contribution in [0.15, 0.2) is 0 Å². The van der Waals surface area contributed by atoms with Crippen LogP contribution in [0.25, 0.3) is 0 Å². The quantitative estimate of drug-likeness (QED) is 0.811. The van der Waals surface area contributed by atoms with Crippen LogP contribution >= 0.6 is 12.4 Å². The Morgan fingerprint density at radius 2 is 1.74 bits per heavy atom. The highest BCUT2D eigenvalue weighted by Gasteiger charge is 2.31. The van der Waals surface area contributed by atoms with Gasteiger partial charge in [-0.25, -0.2) is 4.79 Å². The molecule has 0 spiro atoms. The summed E-state index contributed by atoms with van der Waals surface area (Å²) in [6.07, 6.45) is 6.08. The molecule has 23 heavy (non-hydrogen) atoms. The van der Waals surface area contributed by atoms with Crippen molar-refractivity contribution in [3.05, 3.63) is 0 Å². The number of amides is 3. The van der Waals surface area contributed by atoms with Crippen molar-refractivity contribution in [1.82, 2.24) is 15.1 Å². The van der Waals surface area contributed by atoms with E-state index >= 15 is 0 Å². The fraction of sp³-hybridized carbons (Fsp3) is 0.875. The monoisotopic (exact) mass is 346 g/mol. The molecule has 0 bridgehead atoms. The van der Waals surface area contributed by atoms with Crippen LogP contribution in [0.4, 0.5) is 4.79 Å². The molecule has 2 atom stereocenters. The van der Waals surface area contributed by atoms with Gasteiger partial charge in [-0.15, -0.1) is 12.4 Å². The van der Waals surface area contributed by atoms with Crippen molar-refractivity contribution in [2.24, 2.45) is 17.6 Å². The third kappa shape index (κ3) is 5.24. The number of hydrogen-bond donors (Lipinski definition) is 2. The molecule has 3 amide bonds. The summed E-state index contributed by atoms with van der Waals surface area (Å²) in [7, 11) is 3.52. The summed E-state index contributed by atoms with van der Waals surface area (Å²) in [5, 5.41) is 3.22. The predicted octanol–water partition coefficient (Wildman–Crippen LogP) is 1.44. The summed E-state index contributed by atoms with van der Waals surface area (Å²) >= 11 is 0. The maximum Gasteiger partial charge on any atom is 0.319 e. The number of nitrogens with two attached hydrogens (primary N) is 1.